The Balaban J connectivity index is 0.000000332. The summed E-state index contributed by atoms with van der Waals surface area (Å²) in [5, 5.41) is 4.13. The van der Waals surface area contributed by atoms with Gasteiger partial charge in [0.05, 0.1) is 23.3 Å². The standard InChI is InChI=1S/C25H22Cl2.C5H8O/c26-24-12-9-16(14-25(24)27)13-18-15-23-19-6-2-1-5-17(19)10-11-22(23)21-8-4-3-7-20(18)21;1-2-4-6-5-3-1/h1-2,5-7,9-10,12,14,18H,3-4,8,11,13,15H2;1-2H,3-5H2. The molecule has 1 heterocycles. The van der Waals surface area contributed by atoms with Crippen molar-refractivity contribution in [2.24, 2.45) is 5.92 Å². The van der Waals surface area contributed by atoms with E-state index in [-0.39, 0.29) is 0 Å². The average molecular weight is 477 g/mol. The van der Waals surface area contributed by atoms with Crippen molar-refractivity contribution in [3.05, 3.63) is 103 Å². The van der Waals surface area contributed by atoms with E-state index in [0.29, 0.717) is 16.0 Å². The van der Waals surface area contributed by atoms with E-state index in [1.165, 1.54) is 35.3 Å². The topological polar surface area (TPSA) is 9.23 Å². The minimum absolute atomic E-state index is 0.530. The maximum atomic E-state index is 6.28. The van der Waals surface area contributed by atoms with Crippen LogP contribution in [-0.2, 0) is 11.2 Å². The largest absolute Gasteiger partial charge is 0.377 e. The maximum absolute atomic E-state index is 6.28. The van der Waals surface area contributed by atoms with Gasteiger partial charge in [-0.15, -0.1) is 0 Å². The normalized spacial score (nSPS) is 21.1. The van der Waals surface area contributed by atoms with Gasteiger partial charge in [-0.05, 0) is 101 Å². The Morgan fingerprint density at radius 2 is 1.79 bits per heavy atom. The number of hydrogen-bond donors (Lipinski definition) is 0. The molecular weight excluding hydrogens is 447 g/mol. The van der Waals surface area contributed by atoms with Gasteiger partial charge in [-0.1, -0.05) is 77.8 Å². The Labute approximate surface area is 206 Å². The van der Waals surface area contributed by atoms with E-state index in [0.717, 1.165) is 38.9 Å². The van der Waals surface area contributed by atoms with E-state index in [1.807, 2.05) is 18.2 Å². The van der Waals surface area contributed by atoms with Gasteiger partial charge in [-0.3, -0.25) is 0 Å². The first-order valence-corrected chi connectivity index (χ1v) is 12.8. The summed E-state index contributed by atoms with van der Waals surface area (Å²) in [6.07, 6.45) is 17.1. The molecule has 0 fully saturated rings. The van der Waals surface area contributed by atoms with Crippen LogP contribution >= 0.6 is 23.2 Å². The molecule has 3 heteroatoms. The molecule has 1 unspecified atom stereocenters. The minimum atomic E-state index is 0.530. The highest BCUT2D eigenvalue weighted by Gasteiger charge is 2.31. The molecule has 4 aliphatic rings. The van der Waals surface area contributed by atoms with Crippen LogP contribution in [0.15, 0.2) is 77.4 Å². The van der Waals surface area contributed by atoms with Gasteiger partial charge in [0.25, 0.3) is 0 Å². The number of ether oxygens (including phenoxy) is 1. The van der Waals surface area contributed by atoms with Crippen LogP contribution in [0.2, 0.25) is 10.0 Å². The third kappa shape index (κ3) is 5.06. The quantitative estimate of drug-likeness (QED) is 0.425. The third-order valence-electron chi connectivity index (χ3n) is 7.05. The molecule has 0 saturated carbocycles. The predicted molar refractivity (Wildman–Crippen MR) is 140 cm³/mol. The van der Waals surface area contributed by atoms with Crippen LogP contribution in [0.1, 0.15) is 44.1 Å². The van der Waals surface area contributed by atoms with Crippen LogP contribution in [0.25, 0.3) is 11.6 Å². The van der Waals surface area contributed by atoms with Gasteiger partial charge in [0.1, 0.15) is 0 Å². The van der Waals surface area contributed by atoms with Gasteiger partial charge in [-0.25, -0.2) is 0 Å². The van der Waals surface area contributed by atoms with Gasteiger partial charge in [0, 0.05) is 0 Å². The third-order valence-corrected chi connectivity index (χ3v) is 7.79. The fourth-order valence-electron chi connectivity index (χ4n) is 5.51. The number of benzene rings is 2. The lowest BCUT2D eigenvalue weighted by atomic mass is 9.69. The predicted octanol–water partition coefficient (Wildman–Crippen LogP) is 6.96. The Morgan fingerprint density at radius 1 is 0.879 bits per heavy atom. The zero-order chi connectivity index (χ0) is 22.6. The van der Waals surface area contributed by atoms with Crippen LogP contribution in [0.4, 0.5) is 0 Å². The van der Waals surface area contributed by atoms with Gasteiger partial charge >= 0.3 is 0 Å². The number of fused-ring (bicyclic) bond motifs is 3. The second-order valence-electron chi connectivity index (χ2n) is 9.17. The first-order chi connectivity index (χ1) is 16.2. The molecule has 0 radical (unpaired) electrons. The van der Waals surface area contributed by atoms with Crippen LogP contribution in [0.5, 0.6) is 0 Å². The molecule has 1 nitrogen and oxygen atoms in total. The highest BCUT2D eigenvalue weighted by Crippen LogP contribution is 2.45. The van der Waals surface area contributed by atoms with Gasteiger partial charge < -0.3 is 4.74 Å². The smallest absolute Gasteiger partial charge is 0.0647 e. The maximum Gasteiger partial charge on any atom is 0.0647 e. The monoisotopic (exact) mass is 476 g/mol. The number of hydrogen-bond acceptors (Lipinski definition) is 1. The molecule has 0 bridgehead atoms. The number of halogens is 2. The average Bonchev–Trinajstić information content (AvgIpc) is 2.88. The fraction of sp³-hybridized carbons (Fsp3) is 0.333. The fourth-order valence-corrected chi connectivity index (χ4v) is 5.83. The van der Waals surface area contributed by atoms with E-state index in [2.05, 4.69) is 48.6 Å². The molecule has 1 atom stereocenters. The van der Waals surface area contributed by atoms with E-state index >= 15 is 0 Å². The lowest BCUT2D eigenvalue weighted by Gasteiger charge is -2.36. The molecule has 0 aromatic heterocycles. The molecule has 0 spiro atoms. The molecule has 2 aromatic rings. The first kappa shape index (κ1) is 22.7. The van der Waals surface area contributed by atoms with Crippen LogP contribution in [0, 0.1) is 5.92 Å². The van der Waals surface area contributed by atoms with Crippen molar-refractivity contribution < 1.29 is 4.74 Å². The molecule has 0 saturated heterocycles. The lowest BCUT2D eigenvalue weighted by Crippen LogP contribution is -2.33. The van der Waals surface area contributed by atoms with Gasteiger partial charge in [0.2, 0.25) is 0 Å². The van der Waals surface area contributed by atoms with Crippen LogP contribution in [0.3, 0.4) is 0 Å². The van der Waals surface area contributed by atoms with Crippen LogP contribution in [-0.4, -0.2) is 13.2 Å². The van der Waals surface area contributed by atoms with E-state index < -0.39 is 0 Å². The number of rotatable bonds is 2. The Hall–Kier alpha value is -2.06. The molecular formula is C30H30Cl2O. The summed E-state index contributed by atoms with van der Waals surface area (Å²) in [6.45, 7) is 1.73. The highest BCUT2D eigenvalue weighted by atomic mass is 35.5. The van der Waals surface area contributed by atoms with Gasteiger partial charge in [-0.2, -0.15) is 0 Å². The number of allylic oxidation sites excluding steroid dienone is 4. The second kappa shape index (κ2) is 10.5. The molecule has 0 amide bonds. The van der Waals surface area contributed by atoms with Crippen molar-refractivity contribution in [2.75, 3.05) is 13.2 Å². The first-order valence-electron chi connectivity index (χ1n) is 12.1. The summed E-state index contributed by atoms with van der Waals surface area (Å²) in [5.74, 6) is 0.530. The SMILES string of the molecule is C1=CCOCC1.Clc1ccc(CC2CC3=c4ccccc4=CCC3=C3CCCC=C32)cc1Cl. The molecule has 6 rings (SSSR count). The molecule has 2 aromatic carbocycles. The molecule has 1 aliphatic heterocycles. The summed E-state index contributed by atoms with van der Waals surface area (Å²) in [5.41, 5.74) is 7.68. The zero-order valence-corrected chi connectivity index (χ0v) is 20.5. The Morgan fingerprint density at radius 3 is 2.55 bits per heavy atom. The summed E-state index contributed by atoms with van der Waals surface area (Å²) in [4.78, 5) is 0. The Bertz CT molecular complexity index is 1240. The lowest BCUT2D eigenvalue weighted by molar-refractivity contribution is 0.158. The van der Waals surface area contributed by atoms with Crippen LogP contribution < -0.4 is 10.4 Å². The highest BCUT2D eigenvalue weighted by molar-refractivity contribution is 6.42. The minimum Gasteiger partial charge on any atom is -0.377 e. The summed E-state index contributed by atoms with van der Waals surface area (Å²) in [7, 11) is 0. The Kier molecular flexibility index (Phi) is 7.21. The van der Waals surface area contributed by atoms with Crippen molar-refractivity contribution in [3.8, 4) is 0 Å². The summed E-state index contributed by atoms with van der Waals surface area (Å²) >= 11 is 12.4. The summed E-state index contributed by atoms with van der Waals surface area (Å²) in [6, 6.07) is 15.0. The van der Waals surface area contributed by atoms with E-state index in [4.69, 9.17) is 27.9 Å². The van der Waals surface area contributed by atoms with E-state index in [1.54, 1.807) is 22.3 Å². The molecule has 170 valence electrons. The van der Waals surface area contributed by atoms with E-state index in [9.17, 15) is 0 Å². The molecule has 3 aliphatic carbocycles. The second-order valence-corrected chi connectivity index (χ2v) is 9.99. The van der Waals surface area contributed by atoms with Crippen molar-refractivity contribution in [1.29, 1.82) is 0 Å². The van der Waals surface area contributed by atoms with Crippen molar-refractivity contribution in [1.82, 2.24) is 0 Å². The van der Waals surface area contributed by atoms with Gasteiger partial charge in [0.15, 0.2) is 0 Å². The van der Waals surface area contributed by atoms with Crippen molar-refractivity contribution in [2.45, 2.75) is 44.9 Å². The zero-order valence-electron chi connectivity index (χ0n) is 19.0. The molecule has 33 heavy (non-hydrogen) atoms. The summed E-state index contributed by atoms with van der Waals surface area (Å²) < 4.78 is 4.98. The molecule has 0 N–H and O–H groups in total. The van der Waals surface area contributed by atoms with Crippen molar-refractivity contribution in [3.63, 3.8) is 0 Å². The van der Waals surface area contributed by atoms with Crippen molar-refractivity contribution >= 4 is 34.9 Å².